The van der Waals surface area contributed by atoms with Crippen LogP contribution in [0.15, 0.2) is 84.1 Å². The fraction of sp³-hybridized carbons (Fsp3) is 0.148. The van der Waals surface area contributed by atoms with Crippen LogP contribution in [0.1, 0.15) is 38.8 Å². The molecule has 4 N–H and O–H groups in total. The first-order valence-electron chi connectivity index (χ1n) is 11.8. The van der Waals surface area contributed by atoms with E-state index >= 15 is 0 Å². The molecule has 0 spiro atoms. The molecule has 1 aliphatic heterocycles. The Morgan fingerprint density at radius 3 is 2.76 bits per heavy atom. The second kappa shape index (κ2) is 11.0. The average molecular weight is 511 g/mol. The number of hydrogen-bond acceptors (Lipinski definition) is 8. The number of hydrazone groups is 1. The number of anilines is 1. The lowest BCUT2D eigenvalue weighted by molar-refractivity contribution is 0.0714. The smallest absolute Gasteiger partial charge is 0.360 e. The molecule has 186 valence electrons. The predicted octanol–water partition coefficient (Wildman–Crippen LogP) is 4.09. The third-order valence-electron chi connectivity index (χ3n) is 6.20. The van der Waals surface area contributed by atoms with E-state index in [4.69, 9.17) is 15.5 Å². The van der Waals surface area contributed by atoms with E-state index in [0.29, 0.717) is 42.6 Å². The molecule has 2 aromatic carbocycles. The van der Waals surface area contributed by atoms with Gasteiger partial charge in [0.25, 0.3) is 5.91 Å². The zero-order valence-electron chi connectivity index (χ0n) is 20.3. The van der Waals surface area contributed by atoms with Crippen LogP contribution in [0.4, 0.5) is 5.82 Å². The first-order valence-corrected chi connectivity index (χ1v) is 12.7. The maximum Gasteiger partial charge on any atom is 0.360 e. The van der Waals surface area contributed by atoms with Gasteiger partial charge in [0.15, 0.2) is 0 Å². The molecule has 0 fully saturated rings. The molecule has 4 aromatic rings. The highest BCUT2D eigenvalue weighted by Gasteiger charge is 2.35. The van der Waals surface area contributed by atoms with E-state index in [-0.39, 0.29) is 11.7 Å². The SMILES string of the molecule is COBNCc1ccccc1-c1ccc(C(=O)N2N=C(c3ccc(N)nc3)CC2c2ccccc2O)s1. The Bertz CT molecular complexity index is 1440. The first-order chi connectivity index (χ1) is 18.0. The molecule has 1 unspecified atom stereocenters. The largest absolute Gasteiger partial charge is 0.508 e. The Kier molecular flexibility index (Phi) is 7.31. The molecule has 0 bridgehead atoms. The van der Waals surface area contributed by atoms with Crippen LogP contribution in [0.25, 0.3) is 10.4 Å². The van der Waals surface area contributed by atoms with Crippen molar-refractivity contribution in [2.45, 2.75) is 19.0 Å². The molecule has 1 atom stereocenters. The highest BCUT2D eigenvalue weighted by molar-refractivity contribution is 7.17. The molecule has 10 heteroatoms. The molecular formula is C27H26BN5O3S. The van der Waals surface area contributed by atoms with Crippen molar-refractivity contribution in [3.8, 4) is 16.2 Å². The van der Waals surface area contributed by atoms with Gasteiger partial charge in [0.05, 0.1) is 16.6 Å². The van der Waals surface area contributed by atoms with Gasteiger partial charge in [0.1, 0.15) is 11.6 Å². The number of nitrogens with zero attached hydrogens (tertiary/aromatic N) is 3. The standard InChI is InChI=1S/C27H26BN5O3S/c1-36-28-31-16-17-6-2-3-7-19(17)24-11-12-25(37-24)27(35)33-22(20-8-4-5-9-23(20)34)14-21(32-33)18-10-13-26(29)30-15-18/h2-13,15,22,28,31,34H,14,16H2,1H3,(H2,29,30). The topological polar surface area (TPSA) is 113 Å². The van der Waals surface area contributed by atoms with Crippen molar-refractivity contribution in [3.63, 3.8) is 0 Å². The van der Waals surface area contributed by atoms with Gasteiger partial charge in [-0.1, -0.05) is 42.5 Å². The van der Waals surface area contributed by atoms with Gasteiger partial charge in [-0.15, -0.1) is 11.3 Å². The summed E-state index contributed by atoms with van der Waals surface area (Å²) in [5.41, 5.74) is 10.1. The zero-order chi connectivity index (χ0) is 25.8. The van der Waals surface area contributed by atoms with Gasteiger partial charge < -0.3 is 20.7 Å². The summed E-state index contributed by atoms with van der Waals surface area (Å²) in [5.74, 6) is 0.316. The van der Waals surface area contributed by atoms with Gasteiger partial charge in [-0.25, -0.2) is 9.99 Å². The normalized spacial score (nSPS) is 15.0. The lowest BCUT2D eigenvalue weighted by atomic mass is 9.98. The third-order valence-corrected chi connectivity index (χ3v) is 7.30. The first kappa shape index (κ1) is 24.7. The maximum atomic E-state index is 13.8. The predicted molar refractivity (Wildman–Crippen MR) is 148 cm³/mol. The Balaban J connectivity index is 1.47. The number of nitrogens with two attached hydrogens (primary N) is 1. The molecule has 2 aromatic heterocycles. The molecule has 37 heavy (non-hydrogen) atoms. The molecule has 3 heterocycles. The van der Waals surface area contributed by atoms with Gasteiger partial charge in [0.2, 0.25) is 0 Å². The van der Waals surface area contributed by atoms with Crippen molar-refractivity contribution in [3.05, 3.63) is 101 Å². The third kappa shape index (κ3) is 5.26. The Morgan fingerprint density at radius 2 is 1.97 bits per heavy atom. The molecule has 1 amide bonds. The summed E-state index contributed by atoms with van der Waals surface area (Å²) >= 11 is 1.42. The van der Waals surface area contributed by atoms with E-state index in [1.165, 1.54) is 16.3 Å². The number of thiophene rings is 1. The Hall–Kier alpha value is -3.99. The summed E-state index contributed by atoms with van der Waals surface area (Å²) in [5, 5.41) is 20.0. The van der Waals surface area contributed by atoms with E-state index in [0.717, 1.165) is 21.6 Å². The molecule has 1 aliphatic rings. The Morgan fingerprint density at radius 1 is 1.16 bits per heavy atom. The number of aromatic nitrogens is 1. The number of aromatic hydroxyl groups is 1. The van der Waals surface area contributed by atoms with Gasteiger partial charge in [-0.3, -0.25) is 4.79 Å². The van der Waals surface area contributed by atoms with Crippen LogP contribution in [0.3, 0.4) is 0 Å². The number of phenols is 1. The number of para-hydroxylation sites is 1. The number of carbonyl (C=O) groups is 1. The summed E-state index contributed by atoms with van der Waals surface area (Å²) in [4.78, 5) is 19.5. The lowest BCUT2D eigenvalue weighted by Gasteiger charge is -2.22. The average Bonchev–Trinajstić information content (AvgIpc) is 3.58. The number of phenolic OH excluding ortho intramolecular Hbond substituents is 1. The van der Waals surface area contributed by atoms with Crippen LogP contribution in [-0.2, 0) is 11.2 Å². The number of nitrogen functional groups attached to an aromatic ring is 1. The van der Waals surface area contributed by atoms with Crippen LogP contribution in [0.2, 0.25) is 0 Å². The van der Waals surface area contributed by atoms with Gasteiger partial charge in [-0.05, 0) is 41.5 Å². The van der Waals surface area contributed by atoms with Crippen molar-refractivity contribution in [2.24, 2.45) is 5.10 Å². The van der Waals surface area contributed by atoms with Gasteiger partial charge in [-0.2, -0.15) is 5.10 Å². The molecule has 0 saturated carbocycles. The number of rotatable bonds is 8. The van der Waals surface area contributed by atoms with Crippen molar-refractivity contribution < 1.29 is 14.6 Å². The van der Waals surface area contributed by atoms with Crippen LogP contribution in [0, 0.1) is 0 Å². The van der Waals surface area contributed by atoms with E-state index in [9.17, 15) is 9.90 Å². The number of carbonyl (C=O) groups excluding carboxylic acids is 1. The lowest BCUT2D eigenvalue weighted by Crippen LogP contribution is -2.26. The van der Waals surface area contributed by atoms with Crippen LogP contribution < -0.4 is 11.0 Å². The van der Waals surface area contributed by atoms with Gasteiger partial charge >= 0.3 is 7.62 Å². The highest BCUT2D eigenvalue weighted by atomic mass is 32.1. The number of nitrogens with one attached hydrogen (secondary N) is 1. The summed E-state index contributed by atoms with van der Waals surface area (Å²) in [7, 11) is 2.10. The van der Waals surface area contributed by atoms with Crippen molar-refractivity contribution in [1.29, 1.82) is 0 Å². The van der Waals surface area contributed by atoms with E-state index in [1.54, 1.807) is 31.5 Å². The second-order valence-electron chi connectivity index (χ2n) is 8.63. The summed E-state index contributed by atoms with van der Waals surface area (Å²) in [6.45, 7) is 0.649. The fourth-order valence-corrected chi connectivity index (χ4v) is 5.37. The molecular weight excluding hydrogens is 485 g/mol. The van der Waals surface area contributed by atoms with Crippen molar-refractivity contribution in [2.75, 3.05) is 12.8 Å². The molecule has 8 nitrogen and oxygen atoms in total. The molecule has 0 radical (unpaired) electrons. The minimum absolute atomic E-state index is 0.126. The maximum absolute atomic E-state index is 13.8. The second-order valence-corrected chi connectivity index (χ2v) is 9.71. The molecule has 5 rings (SSSR count). The summed E-state index contributed by atoms with van der Waals surface area (Å²) < 4.78 is 5.10. The monoisotopic (exact) mass is 511 g/mol. The zero-order valence-corrected chi connectivity index (χ0v) is 21.1. The highest BCUT2D eigenvalue weighted by Crippen LogP contribution is 2.39. The number of hydrogen-bond donors (Lipinski definition) is 3. The Labute approximate surface area is 219 Å². The number of amides is 1. The van der Waals surface area contributed by atoms with E-state index in [2.05, 4.69) is 22.3 Å². The van der Waals surface area contributed by atoms with Crippen LogP contribution >= 0.6 is 11.3 Å². The van der Waals surface area contributed by atoms with Crippen LogP contribution in [0.5, 0.6) is 5.75 Å². The van der Waals surface area contributed by atoms with E-state index < -0.39 is 6.04 Å². The van der Waals surface area contributed by atoms with Crippen molar-refractivity contribution in [1.82, 2.24) is 15.2 Å². The minimum atomic E-state index is -0.447. The number of pyridine rings is 1. The fourth-order valence-electron chi connectivity index (χ4n) is 4.37. The van der Waals surface area contributed by atoms with E-state index in [1.807, 2.05) is 42.5 Å². The number of benzene rings is 2. The summed E-state index contributed by atoms with van der Waals surface area (Å²) in [6, 6.07) is 22.1. The molecule has 0 saturated heterocycles. The molecule has 0 aliphatic carbocycles. The van der Waals surface area contributed by atoms with Crippen LogP contribution in [-0.4, -0.2) is 41.4 Å². The minimum Gasteiger partial charge on any atom is -0.508 e. The quantitative estimate of drug-likeness (QED) is 0.243. The van der Waals surface area contributed by atoms with Crippen molar-refractivity contribution >= 4 is 36.4 Å². The summed E-state index contributed by atoms with van der Waals surface area (Å²) in [6.07, 6.45) is 2.10. The van der Waals surface area contributed by atoms with Gasteiger partial charge in [0, 0.05) is 42.3 Å².